The Kier molecular flexibility index (Phi) is 6.41. The van der Waals surface area contributed by atoms with Gasteiger partial charge < -0.3 is 4.90 Å². The molecule has 146 valence electrons. The molecule has 1 fully saturated rings. The predicted molar refractivity (Wildman–Crippen MR) is 120 cm³/mol. The molecule has 2 atom stereocenters. The van der Waals surface area contributed by atoms with E-state index in [-0.39, 0.29) is 0 Å². The maximum Gasteiger partial charge on any atom is 0.186 e. The Labute approximate surface area is 168 Å². The van der Waals surface area contributed by atoms with Crippen LogP contribution in [0.5, 0.6) is 0 Å². The quantitative estimate of drug-likeness (QED) is 0.654. The molecule has 1 aromatic carbocycles. The van der Waals surface area contributed by atoms with E-state index in [2.05, 4.69) is 69.6 Å². The molecule has 0 saturated heterocycles. The van der Waals surface area contributed by atoms with E-state index in [1.807, 2.05) is 0 Å². The van der Waals surface area contributed by atoms with Gasteiger partial charge in [0.2, 0.25) is 0 Å². The molecule has 0 radical (unpaired) electrons. The van der Waals surface area contributed by atoms with Gasteiger partial charge in [-0.05, 0) is 41.7 Å². The normalized spacial score (nSPS) is 23.5. The summed E-state index contributed by atoms with van der Waals surface area (Å²) < 4.78 is 1.24. The van der Waals surface area contributed by atoms with Crippen molar-refractivity contribution in [3.8, 4) is 0 Å². The fourth-order valence-electron chi connectivity index (χ4n) is 4.75. The molecule has 1 aliphatic rings. The third kappa shape index (κ3) is 4.13. The van der Waals surface area contributed by atoms with Gasteiger partial charge in [0.05, 0.1) is 9.88 Å². The third-order valence-electron chi connectivity index (χ3n) is 6.77. The Morgan fingerprint density at radius 3 is 2.63 bits per heavy atom. The fourth-order valence-corrected chi connectivity index (χ4v) is 5.88. The van der Waals surface area contributed by atoms with Crippen LogP contribution < -0.4 is 14.8 Å². The summed E-state index contributed by atoms with van der Waals surface area (Å²) in [5.41, 5.74) is 3.17. The lowest BCUT2D eigenvalue weighted by atomic mass is 9.74. The highest BCUT2D eigenvalue weighted by atomic mass is 32.1. The summed E-state index contributed by atoms with van der Waals surface area (Å²) in [4.78, 5) is 7.18. The first-order chi connectivity index (χ1) is 13.0. The first kappa shape index (κ1) is 20.1. The van der Waals surface area contributed by atoms with Gasteiger partial charge in [-0.3, -0.25) is 0 Å². The number of hydrogen-bond donors (Lipinski definition) is 0. The highest BCUT2D eigenvalue weighted by Gasteiger charge is 2.38. The Morgan fingerprint density at radius 2 is 2.04 bits per heavy atom. The van der Waals surface area contributed by atoms with Crippen molar-refractivity contribution in [2.75, 3.05) is 18.5 Å². The van der Waals surface area contributed by atoms with Crippen LogP contribution in [0.1, 0.15) is 64.9 Å². The van der Waals surface area contributed by atoms with Crippen LogP contribution in [0.4, 0.5) is 5.13 Å². The molecular formula is C24H34N2S. The van der Waals surface area contributed by atoms with Crippen LogP contribution >= 0.6 is 11.3 Å². The molecule has 27 heavy (non-hydrogen) atoms. The second kappa shape index (κ2) is 8.60. The topological polar surface area (TPSA) is 16.1 Å². The SMILES string of the molecule is C=c1nc(N(C)CCC2(CC)CCCC2C)s/c1=C(/CC)c1ccccc1. The Morgan fingerprint density at radius 1 is 1.30 bits per heavy atom. The molecule has 2 aromatic rings. The molecule has 1 aliphatic carbocycles. The van der Waals surface area contributed by atoms with Crippen LogP contribution in [0.2, 0.25) is 0 Å². The lowest BCUT2D eigenvalue weighted by Crippen LogP contribution is -2.30. The predicted octanol–water partition coefficient (Wildman–Crippen LogP) is 5.21. The number of benzene rings is 1. The lowest BCUT2D eigenvalue weighted by Gasteiger charge is -2.34. The molecule has 0 N–H and O–H groups in total. The highest BCUT2D eigenvalue weighted by Crippen LogP contribution is 2.48. The number of aromatic nitrogens is 1. The molecule has 1 saturated carbocycles. The Balaban J connectivity index is 1.83. The van der Waals surface area contributed by atoms with Gasteiger partial charge in [-0.25, -0.2) is 4.98 Å². The smallest absolute Gasteiger partial charge is 0.186 e. The molecule has 0 amide bonds. The van der Waals surface area contributed by atoms with Gasteiger partial charge >= 0.3 is 0 Å². The monoisotopic (exact) mass is 382 g/mol. The van der Waals surface area contributed by atoms with Crippen LogP contribution in [-0.2, 0) is 0 Å². The van der Waals surface area contributed by atoms with Crippen molar-refractivity contribution in [1.82, 2.24) is 4.98 Å². The summed E-state index contributed by atoms with van der Waals surface area (Å²) in [6, 6.07) is 10.7. The minimum absolute atomic E-state index is 0.534. The van der Waals surface area contributed by atoms with E-state index in [0.29, 0.717) is 5.41 Å². The summed E-state index contributed by atoms with van der Waals surface area (Å²) >= 11 is 1.80. The largest absolute Gasteiger partial charge is 0.351 e. The van der Waals surface area contributed by atoms with Gasteiger partial charge in [0.1, 0.15) is 0 Å². The molecule has 1 heterocycles. The van der Waals surface area contributed by atoms with Crippen LogP contribution in [-0.4, -0.2) is 18.6 Å². The third-order valence-corrected chi connectivity index (χ3v) is 8.04. The van der Waals surface area contributed by atoms with Crippen LogP contribution in [0.25, 0.3) is 12.2 Å². The van der Waals surface area contributed by atoms with E-state index in [9.17, 15) is 0 Å². The summed E-state index contributed by atoms with van der Waals surface area (Å²) in [6.07, 6.45) is 7.75. The van der Waals surface area contributed by atoms with Gasteiger partial charge in [-0.1, -0.05) is 88.3 Å². The standard InChI is InChI=1S/C24H34N2S/c1-6-21(20-13-9-8-10-14-20)22-19(4)25-23(27-22)26(5)17-16-24(7-2)15-11-12-18(24)3/h8-10,13-14,18H,4,6-7,11-12,15-17H2,1-3,5H3/b22-21-. The molecule has 1 aromatic heterocycles. The lowest BCUT2D eigenvalue weighted by molar-refractivity contribution is 0.189. The zero-order valence-electron chi connectivity index (χ0n) is 17.4. The Bertz CT molecular complexity index is 854. The van der Waals surface area contributed by atoms with Crippen molar-refractivity contribution >= 4 is 28.6 Å². The van der Waals surface area contributed by atoms with Gasteiger partial charge in [-0.2, -0.15) is 0 Å². The molecule has 0 bridgehead atoms. The van der Waals surface area contributed by atoms with Crippen LogP contribution in [0.15, 0.2) is 30.3 Å². The van der Waals surface area contributed by atoms with Gasteiger partial charge in [0, 0.05) is 13.6 Å². The number of thiazole rings is 1. The first-order valence-corrected chi connectivity index (χ1v) is 11.3. The molecular weight excluding hydrogens is 348 g/mol. The average Bonchev–Trinajstić information content (AvgIpc) is 3.25. The van der Waals surface area contributed by atoms with Crippen molar-refractivity contribution in [2.45, 2.75) is 59.3 Å². The summed E-state index contributed by atoms with van der Waals surface area (Å²) in [5.74, 6) is 0.851. The first-order valence-electron chi connectivity index (χ1n) is 10.5. The summed E-state index contributed by atoms with van der Waals surface area (Å²) in [5, 5.41) is 2.02. The molecule has 0 aliphatic heterocycles. The van der Waals surface area contributed by atoms with E-state index in [0.717, 1.165) is 29.4 Å². The van der Waals surface area contributed by atoms with Crippen LogP contribution in [0.3, 0.4) is 0 Å². The van der Waals surface area contributed by atoms with Gasteiger partial charge in [-0.15, -0.1) is 0 Å². The number of hydrogen-bond acceptors (Lipinski definition) is 3. The van der Waals surface area contributed by atoms with E-state index < -0.39 is 0 Å². The summed E-state index contributed by atoms with van der Waals surface area (Å²) in [7, 11) is 2.19. The number of anilines is 1. The van der Waals surface area contributed by atoms with E-state index in [1.54, 1.807) is 11.3 Å². The van der Waals surface area contributed by atoms with Crippen molar-refractivity contribution in [1.29, 1.82) is 0 Å². The average molecular weight is 383 g/mol. The number of nitrogens with zero attached hydrogens (tertiary/aromatic N) is 2. The minimum atomic E-state index is 0.534. The molecule has 3 rings (SSSR count). The Hall–Kier alpha value is -1.61. The summed E-state index contributed by atoms with van der Waals surface area (Å²) in [6.45, 7) is 12.4. The molecule has 2 nitrogen and oxygen atoms in total. The van der Waals surface area contributed by atoms with Gasteiger partial charge in [0.25, 0.3) is 0 Å². The fraction of sp³-hybridized carbons (Fsp3) is 0.542. The molecule has 0 spiro atoms. The van der Waals surface area contributed by atoms with Crippen molar-refractivity contribution in [3.05, 3.63) is 45.8 Å². The maximum absolute atomic E-state index is 4.83. The van der Waals surface area contributed by atoms with E-state index in [1.165, 1.54) is 47.8 Å². The van der Waals surface area contributed by atoms with E-state index >= 15 is 0 Å². The van der Waals surface area contributed by atoms with Crippen molar-refractivity contribution in [2.24, 2.45) is 11.3 Å². The second-order valence-corrected chi connectivity index (χ2v) is 9.13. The maximum atomic E-state index is 4.83. The minimum Gasteiger partial charge on any atom is -0.351 e. The highest BCUT2D eigenvalue weighted by molar-refractivity contribution is 7.13. The molecule has 3 heteroatoms. The van der Waals surface area contributed by atoms with Gasteiger partial charge in [0.15, 0.2) is 5.13 Å². The number of rotatable bonds is 7. The van der Waals surface area contributed by atoms with Crippen molar-refractivity contribution < 1.29 is 0 Å². The van der Waals surface area contributed by atoms with Crippen molar-refractivity contribution in [3.63, 3.8) is 0 Å². The van der Waals surface area contributed by atoms with Crippen LogP contribution in [0, 0.1) is 11.3 Å². The second-order valence-electron chi connectivity index (χ2n) is 8.15. The zero-order valence-corrected chi connectivity index (χ0v) is 18.2. The zero-order chi connectivity index (χ0) is 19.4. The molecule has 2 unspecified atom stereocenters. The van der Waals surface area contributed by atoms with E-state index in [4.69, 9.17) is 4.98 Å².